The van der Waals surface area contributed by atoms with E-state index in [2.05, 4.69) is 38.5 Å². The molecular formula is C12H12BrN3S. The molecule has 0 spiro atoms. The van der Waals surface area contributed by atoms with E-state index in [4.69, 9.17) is 5.84 Å². The van der Waals surface area contributed by atoms with E-state index in [1.807, 2.05) is 24.3 Å². The number of thioether (sulfide) groups is 1. The molecule has 2 aromatic rings. The summed E-state index contributed by atoms with van der Waals surface area (Å²) in [6, 6.07) is 12.2. The molecule has 0 amide bonds. The van der Waals surface area contributed by atoms with Crippen LogP contribution in [0.3, 0.4) is 0 Å². The van der Waals surface area contributed by atoms with Gasteiger partial charge in [0.2, 0.25) is 0 Å². The molecular weight excluding hydrogens is 298 g/mol. The van der Waals surface area contributed by atoms with E-state index >= 15 is 0 Å². The van der Waals surface area contributed by atoms with Crippen LogP contribution in [0.1, 0.15) is 5.56 Å². The maximum atomic E-state index is 5.41. The first kappa shape index (κ1) is 12.4. The van der Waals surface area contributed by atoms with Gasteiger partial charge in [-0.05, 0) is 24.3 Å². The van der Waals surface area contributed by atoms with E-state index in [0.29, 0.717) is 0 Å². The largest absolute Gasteiger partial charge is 0.308 e. The van der Waals surface area contributed by atoms with Crippen molar-refractivity contribution in [3.05, 3.63) is 52.6 Å². The van der Waals surface area contributed by atoms with Crippen LogP contribution in [0.4, 0.5) is 5.82 Å². The summed E-state index contributed by atoms with van der Waals surface area (Å²) in [7, 11) is 0. The minimum Gasteiger partial charge on any atom is -0.308 e. The van der Waals surface area contributed by atoms with Crippen molar-refractivity contribution in [2.45, 2.75) is 10.6 Å². The zero-order valence-corrected chi connectivity index (χ0v) is 11.5. The molecule has 3 N–H and O–H groups in total. The Hall–Kier alpha value is -1.04. The number of nitrogen functional groups attached to an aromatic ring is 1. The summed E-state index contributed by atoms with van der Waals surface area (Å²) in [5.41, 5.74) is 3.71. The van der Waals surface area contributed by atoms with Gasteiger partial charge in [0.05, 0.1) is 0 Å². The standard InChI is InChI=1S/C12H12BrN3S/c13-10-4-1-5-11(7-10)17-8-9-3-2-6-15-12(9)16-14/h1-7H,8,14H2,(H,15,16). The van der Waals surface area contributed by atoms with Gasteiger partial charge >= 0.3 is 0 Å². The topological polar surface area (TPSA) is 50.9 Å². The van der Waals surface area contributed by atoms with Gasteiger partial charge in [0.15, 0.2) is 0 Å². The van der Waals surface area contributed by atoms with Gasteiger partial charge < -0.3 is 5.43 Å². The lowest BCUT2D eigenvalue weighted by molar-refractivity contribution is 1.18. The summed E-state index contributed by atoms with van der Waals surface area (Å²) in [6.45, 7) is 0. The summed E-state index contributed by atoms with van der Waals surface area (Å²) in [4.78, 5) is 5.38. The van der Waals surface area contributed by atoms with Gasteiger partial charge in [-0.15, -0.1) is 11.8 Å². The van der Waals surface area contributed by atoms with Crippen LogP contribution in [0.25, 0.3) is 0 Å². The molecule has 0 aliphatic carbocycles. The molecule has 0 saturated carbocycles. The summed E-state index contributed by atoms with van der Waals surface area (Å²) < 4.78 is 1.09. The minimum absolute atomic E-state index is 0.731. The van der Waals surface area contributed by atoms with Gasteiger partial charge in [-0.1, -0.05) is 28.1 Å². The van der Waals surface area contributed by atoms with Gasteiger partial charge in [-0.25, -0.2) is 10.8 Å². The number of anilines is 1. The Morgan fingerprint density at radius 3 is 2.94 bits per heavy atom. The lowest BCUT2D eigenvalue weighted by Crippen LogP contribution is -2.10. The highest BCUT2D eigenvalue weighted by atomic mass is 79.9. The maximum Gasteiger partial charge on any atom is 0.143 e. The Labute approximate surface area is 113 Å². The monoisotopic (exact) mass is 309 g/mol. The molecule has 1 aromatic heterocycles. The molecule has 3 nitrogen and oxygen atoms in total. The van der Waals surface area contributed by atoms with E-state index < -0.39 is 0 Å². The molecule has 1 heterocycles. The third-order valence-corrected chi connectivity index (χ3v) is 3.75. The van der Waals surface area contributed by atoms with Gasteiger partial charge in [0.1, 0.15) is 5.82 Å². The SMILES string of the molecule is NNc1ncccc1CSc1cccc(Br)c1. The number of nitrogens with zero attached hydrogens (tertiary/aromatic N) is 1. The van der Waals surface area contributed by atoms with Gasteiger partial charge in [0, 0.05) is 26.9 Å². The number of nitrogens with one attached hydrogen (secondary N) is 1. The number of aromatic nitrogens is 1. The zero-order valence-electron chi connectivity index (χ0n) is 9.06. The van der Waals surface area contributed by atoms with Crippen LogP contribution in [0, 0.1) is 0 Å². The van der Waals surface area contributed by atoms with Crippen molar-refractivity contribution in [3.63, 3.8) is 0 Å². The van der Waals surface area contributed by atoms with Crippen LogP contribution in [0.15, 0.2) is 52.0 Å². The predicted molar refractivity (Wildman–Crippen MR) is 75.8 cm³/mol. The molecule has 0 fully saturated rings. The minimum atomic E-state index is 0.731. The molecule has 0 radical (unpaired) electrons. The Bertz CT molecular complexity index is 505. The molecule has 88 valence electrons. The van der Waals surface area contributed by atoms with Crippen LogP contribution in [-0.4, -0.2) is 4.98 Å². The zero-order chi connectivity index (χ0) is 12.1. The highest BCUT2D eigenvalue weighted by Crippen LogP contribution is 2.27. The third kappa shape index (κ3) is 3.46. The fourth-order valence-corrected chi connectivity index (χ4v) is 2.89. The van der Waals surface area contributed by atoms with Gasteiger partial charge in [0.25, 0.3) is 0 Å². The average Bonchev–Trinajstić information content (AvgIpc) is 2.37. The van der Waals surface area contributed by atoms with Crippen molar-refractivity contribution < 1.29 is 0 Å². The van der Waals surface area contributed by atoms with Crippen LogP contribution in [-0.2, 0) is 5.75 Å². The van der Waals surface area contributed by atoms with Gasteiger partial charge in [-0.2, -0.15) is 0 Å². The molecule has 5 heteroatoms. The van der Waals surface area contributed by atoms with E-state index in [-0.39, 0.29) is 0 Å². The van der Waals surface area contributed by atoms with Crippen molar-refractivity contribution in [2.75, 3.05) is 5.43 Å². The summed E-state index contributed by atoms with van der Waals surface area (Å²) in [5, 5.41) is 0. The number of rotatable bonds is 4. The molecule has 0 atom stereocenters. The van der Waals surface area contributed by atoms with Crippen LogP contribution < -0.4 is 11.3 Å². The lowest BCUT2D eigenvalue weighted by Gasteiger charge is -2.07. The van der Waals surface area contributed by atoms with E-state index in [1.165, 1.54) is 4.90 Å². The number of benzene rings is 1. The van der Waals surface area contributed by atoms with Crippen molar-refractivity contribution in [1.82, 2.24) is 4.98 Å². The van der Waals surface area contributed by atoms with Gasteiger partial charge in [-0.3, -0.25) is 0 Å². The van der Waals surface area contributed by atoms with E-state index in [9.17, 15) is 0 Å². The molecule has 0 aliphatic rings. The van der Waals surface area contributed by atoms with Crippen molar-refractivity contribution in [1.29, 1.82) is 0 Å². The first-order valence-corrected chi connectivity index (χ1v) is 6.86. The summed E-state index contributed by atoms with van der Waals surface area (Å²) in [6.07, 6.45) is 1.72. The Kier molecular flexibility index (Phi) is 4.42. The molecule has 0 aliphatic heterocycles. The first-order valence-electron chi connectivity index (χ1n) is 5.08. The van der Waals surface area contributed by atoms with Crippen LogP contribution in [0.5, 0.6) is 0 Å². The number of nitrogens with two attached hydrogens (primary N) is 1. The van der Waals surface area contributed by atoms with Crippen LogP contribution >= 0.6 is 27.7 Å². The van der Waals surface area contributed by atoms with Crippen molar-refractivity contribution >= 4 is 33.5 Å². The Balaban J connectivity index is 2.07. The number of pyridine rings is 1. The van der Waals surface area contributed by atoms with Crippen LogP contribution in [0.2, 0.25) is 0 Å². The van der Waals surface area contributed by atoms with E-state index in [1.54, 1.807) is 18.0 Å². The van der Waals surface area contributed by atoms with E-state index in [0.717, 1.165) is 21.6 Å². The summed E-state index contributed by atoms with van der Waals surface area (Å²) >= 11 is 5.21. The highest BCUT2D eigenvalue weighted by molar-refractivity contribution is 9.10. The highest BCUT2D eigenvalue weighted by Gasteiger charge is 2.02. The number of hydrazine groups is 1. The number of hydrogen-bond donors (Lipinski definition) is 2. The van der Waals surface area contributed by atoms with Crippen molar-refractivity contribution in [2.24, 2.45) is 5.84 Å². The average molecular weight is 310 g/mol. The quantitative estimate of drug-likeness (QED) is 0.516. The molecule has 2 rings (SSSR count). The smallest absolute Gasteiger partial charge is 0.143 e. The Morgan fingerprint density at radius 2 is 2.18 bits per heavy atom. The Morgan fingerprint density at radius 1 is 1.29 bits per heavy atom. The number of hydrogen-bond acceptors (Lipinski definition) is 4. The second-order valence-electron chi connectivity index (χ2n) is 3.40. The fourth-order valence-electron chi connectivity index (χ4n) is 1.40. The fraction of sp³-hybridized carbons (Fsp3) is 0.0833. The number of halogens is 1. The first-order chi connectivity index (χ1) is 8.29. The van der Waals surface area contributed by atoms with Crippen molar-refractivity contribution in [3.8, 4) is 0 Å². The molecule has 1 aromatic carbocycles. The summed E-state index contributed by atoms with van der Waals surface area (Å²) in [5.74, 6) is 6.98. The normalized spacial score (nSPS) is 10.2. The predicted octanol–water partition coefficient (Wildman–Crippen LogP) is 3.42. The molecule has 0 unspecified atom stereocenters. The second-order valence-corrected chi connectivity index (χ2v) is 5.37. The third-order valence-electron chi connectivity index (χ3n) is 2.22. The maximum absolute atomic E-state index is 5.41. The second kappa shape index (κ2) is 6.05. The molecule has 0 bridgehead atoms. The molecule has 0 saturated heterocycles. The molecule has 17 heavy (non-hydrogen) atoms. The lowest BCUT2D eigenvalue weighted by atomic mass is 10.3.